The second-order valence-electron chi connectivity index (χ2n) is 8.67. The van der Waals surface area contributed by atoms with Crippen molar-refractivity contribution in [1.82, 2.24) is 4.90 Å². The van der Waals surface area contributed by atoms with Gasteiger partial charge in [-0.3, -0.25) is 0 Å². The Kier molecular flexibility index (Phi) is 11.5. The quantitative estimate of drug-likeness (QED) is 0.320. The minimum absolute atomic E-state index is 0.320. The molecule has 0 aromatic carbocycles. The molecule has 146 valence electrons. The molecule has 0 spiro atoms. The molecule has 1 nitrogen and oxygen atoms in total. The van der Waals surface area contributed by atoms with E-state index >= 15 is 0 Å². The van der Waals surface area contributed by atoms with Gasteiger partial charge in [-0.05, 0) is 31.1 Å². The average molecular weight is 348 g/mol. The second-order valence-corrected chi connectivity index (χ2v) is 8.67. The maximum Gasteiger partial charge on any atom is 0.00733 e. The number of nitrogens with zero attached hydrogens (tertiary/aromatic N) is 1. The Balaban J connectivity index is 2.73. The molecule has 0 aromatic rings. The number of hydrogen-bond acceptors (Lipinski definition) is 1. The van der Waals surface area contributed by atoms with Crippen LogP contribution in [0.25, 0.3) is 0 Å². The third-order valence-corrected chi connectivity index (χ3v) is 6.03. The van der Waals surface area contributed by atoms with E-state index in [2.05, 4.69) is 63.8 Å². The summed E-state index contributed by atoms with van der Waals surface area (Å²) >= 11 is 0. The number of allylic oxidation sites excluding steroid dienone is 3. The van der Waals surface area contributed by atoms with E-state index in [1.165, 1.54) is 77.4 Å². The lowest BCUT2D eigenvalue weighted by Gasteiger charge is -2.37. The molecule has 0 aromatic heterocycles. The van der Waals surface area contributed by atoms with Crippen LogP contribution in [0.1, 0.15) is 92.4 Å². The molecule has 0 radical (unpaired) electrons. The molecule has 3 atom stereocenters. The Morgan fingerprint density at radius 2 is 1.44 bits per heavy atom. The standard InChI is InChI=1S/C24H45N/c1-6-10-15-22(8-3)19-25(20-23(9-4)16-11-7-2)21-24(5)17-13-12-14-18-24/h12-14,17,22-23H,6-11,15-16,18-21H2,1-5H3. The lowest BCUT2D eigenvalue weighted by molar-refractivity contribution is 0.138. The first-order valence-corrected chi connectivity index (χ1v) is 11.1. The highest BCUT2D eigenvalue weighted by molar-refractivity contribution is 5.16. The fourth-order valence-electron chi connectivity index (χ4n) is 4.17. The van der Waals surface area contributed by atoms with Crippen LogP contribution in [0.5, 0.6) is 0 Å². The SMILES string of the molecule is CCCCC(CC)CN(CC(CC)CCCC)CC1(C)C=CC=CC1. The van der Waals surface area contributed by atoms with E-state index in [0.717, 1.165) is 11.8 Å². The van der Waals surface area contributed by atoms with Crippen molar-refractivity contribution >= 4 is 0 Å². The van der Waals surface area contributed by atoms with Gasteiger partial charge in [-0.15, -0.1) is 0 Å². The lowest BCUT2D eigenvalue weighted by Crippen LogP contribution is -2.41. The van der Waals surface area contributed by atoms with Gasteiger partial charge in [0.05, 0.1) is 0 Å². The summed E-state index contributed by atoms with van der Waals surface area (Å²) in [4.78, 5) is 2.83. The molecular formula is C24H45N. The van der Waals surface area contributed by atoms with Crippen molar-refractivity contribution in [2.24, 2.45) is 17.3 Å². The summed E-state index contributed by atoms with van der Waals surface area (Å²) in [5.74, 6) is 1.74. The zero-order valence-corrected chi connectivity index (χ0v) is 17.9. The third kappa shape index (κ3) is 9.08. The van der Waals surface area contributed by atoms with E-state index in [1.807, 2.05) is 0 Å². The zero-order valence-electron chi connectivity index (χ0n) is 17.9. The van der Waals surface area contributed by atoms with Gasteiger partial charge in [-0.1, -0.05) is 97.4 Å². The molecule has 1 rings (SSSR count). The van der Waals surface area contributed by atoms with Gasteiger partial charge in [0.1, 0.15) is 0 Å². The summed E-state index contributed by atoms with van der Waals surface area (Å²) in [6.45, 7) is 15.7. The Morgan fingerprint density at radius 3 is 1.84 bits per heavy atom. The molecule has 0 aliphatic heterocycles. The summed E-state index contributed by atoms with van der Waals surface area (Å²) in [6.07, 6.45) is 21.3. The van der Waals surface area contributed by atoms with Crippen LogP contribution >= 0.6 is 0 Å². The van der Waals surface area contributed by atoms with E-state index in [0.29, 0.717) is 5.41 Å². The Bertz CT molecular complexity index is 366. The molecule has 0 amide bonds. The maximum atomic E-state index is 2.83. The van der Waals surface area contributed by atoms with Gasteiger partial charge in [-0.25, -0.2) is 0 Å². The molecule has 0 saturated heterocycles. The summed E-state index contributed by atoms with van der Waals surface area (Å²) in [5, 5.41) is 0. The summed E-state index contributed by atoms with van der Waals surface area (Å²) in [5.41, 5.74) is 0.320. The van der Waals surface area contributed by atoms with Crippen LogP contribution in [-0.4, -0.2) is 24.5 Å². The van der Waals surface area contributed by atoms with Crippen molar-refractivity contribution in [1.29, 1.82) is 0 Å². The Hall–Kier alpha value is -0.560. The first-order valence-electron chi connectivity index (χ1n) is 11.1. The lowest BCUT2D eigenvalue weighted by atomic mass is 9.82. The fourth-order valence-corrected chi connectivity index (χ4v) is 4.17. The van der Waals surface area contributed by atoms with Crippen LogP contribution in [0, 0.1) is 17.3 Å². The van der Waals surface area contributed by atoms with Crippen molar-refractivity contribution in [3.63, 3.8) is 0 Å². The molecular weight excluding hydrogens is 302 g/mol. The minimum Gasteiger partial charge on any atom is -0.302 e. The molecule has 1 aliphatic rings. The first-order chi connectivity index (χ1) is 12.1. The van der Waals surface area contributed by atoms with E-state index in [9.17, 15) is 0 Å². The predicted molar refractivity (Wildman–Crippen MR) is 114 cm³/mol. The van der Waals surface area contributed by atoms with Crippen molar-refractivity contribution < 1.29 is 0 Å². The minimum atomic E-state index is 0.320. The highest BCUT2D eigenvalue weighted by Crippen LogP contribution is 2.30. The van der Waals surface area contributed by atoms with Crippen LogP contribution in [0.4, 0.5) is 0 Å². The monoisotopic (exact) mass is 347 g/mol. The van der Waals surface area contributed by atoms with Crippen LogP contribution in [-0.2, 0) is 0 Å². The van der Waals surface area contributed by atoms with Gasteiger partial charge >= 0.3 is 0 Å². The summed E-state index contributed by atoms with van der Waals surface area (Å²) in [6, 6.07) is 0. The average Bonchev–Trinajstić information content (AvgIpc) is 2.62. The topological polar surface area (TPSA) is 3.24 Å². The molecule has 0 bridgehead atoms. The maximum absolute atomic E-state index is 2.83. The smallest absolute Gasteiger partial charge is 0.00733 e. The van der Waals surface area contributed by atoms with E-state index in [1.54, 1.807) is 0 Å². The molecule has 0 heterocycles. The molecule has 0 N–H and O–H groups in total. The Morgan fingerprint density at radius 1 is 0.880 bits per heavy atom. The molecule has 1 heteroatoms. The number of unbranched alkanes of at least 4 members (excludes halogenated alkanes) is 2. The number of hydrogen-bond donors (Lipinski definition) is 0. The predicted octanol–water partition coefficient (Wildman–Crippen LogP) is 7.24. The molecule has 0 fully saturated rings. The van der Waals surface area contributed by atoms with Crippen LogP contribution < -0.4 is 0 Å². The van der Waals surface area contributed by atoms with Gasteiger partial charge in [0.15, 0.2) is 0 Å². The van der Waals surface area contributed by atoms with E-state index in [-0.39, 0.29) is 0 Å². The van der Waals surface area contributed by atoms with E-state index < -0.39 is 0 Å². The number of rotatable bonds is 14. The first kappa shape index (κ1) is 22.5. The van der Waals surface area contributed by atoms with Crippen LogP contribution in [0.15, 0.2) is 24.3 Å². The summed E-state index contributed by atoms with van der Waals surface area (Å²) in [7, 11) is 0. The van der Waals surface area contributed by atoms with Crippen molar-refractivity contribution in [3.8, 4) is 0 Å². The van der Waals surface area contributed by atoms with E-state index in [4.69, 9.17) is 0 Å². The van der Waals surface area contributed by atoms with Gasteiger partial charge in [0.2, 0.25) is 0 Å². The van der Waals surface area contributed by atoms with Crippen molar-refractivity contribution in [2.75, 3.05) is 19.6 Å². The van der Waals surface area contributed by atoms with Crippen molar-refractivity contribution in [2.45, 2.75) is 92.4 Å². The zero-order chi connectivity index (χ0) is 18.5. The van der Waals surface area contributed by atoms with Crippen molar-refractivity contribution in [3.05, 3.63) is 24.3 Å². The molecule has 1 aliphatic carbocycles. The van der Waals surface area contributed by atoms with Crippen LogP contribution in [0.3, 0.4) is 0 Å². The van der Waals surface area contributed by atoms with Gasteiger partial charge in [0.25, 0.3) is 0 Å². The van der Waals surface area contributed by atoms with Crippen LogP contribution in [0.2, 0.25) is 0 Å². The highest BCUT2D eigenvalue weighted by Gasteiger charge is 2.26. The third-order valence-electron chi connectivity index (χ3n) is 6.03. The van der Waals surface area contributed by atoms with Gasteiger partial charge < -0.3 is 4.90 Å². The highest BCUT2D eigenvalue weighted by atomic mass is 15.1. The molecule has 3 unspecified atom stereocenters. The second kappa shape index (κ2) is 12.7. The van der Waals surface area contributed by atoms with Gasteiger partial charge in [0, 0.05) is 25.0 Å². The largest absolute Gasteiger partial charge is 0.302 e. The van der Waals surface area contributed by atoms with Gasteiger partial charge in [-0.2, -0.15) is 0 Å². The summed E-state index contributed by atoms with van der Waals surface area (Å²) < 4.78 is 0. The fraction of sp³-hybridized carbons (Fsp3) is 0.833. The molecule has 25 heavy (non-hydrogen) atoms. The Labute approximate surface area is 159 Å². The molecule has 0 saturated carbocycles. The normalized spacial score (nSPS) is 22.5.